The summed E-state index contributed by atoms with van der Waals surface area (Å²) in [6.45, 7) is 1.01. The molecule has 0 radical (unpaired) electrons. The Hall–Kier alpha value is 0.640. The van der Waals surface area contributed by atoms with E-state index in [9.17, 15) is 0 Å². The van der Waals surface area contributed by atoms with Crippen molar-refractivity contribution < 1.29 is 0 Å². The summed E-state index contributed by atoms with van der Waals surface area (Å²) in [5.74, 6) is 0. The first-order valence-electron chi connectivity index (χ1n) is 6.85. The first kappa shape index (κ1) is 17.5. The van der Waals surface area contributed by atoms with E-state index in [1.807, 2.05) is 0 Å². The lowest BCUT2D eigenvalue weighted by Gasteiger charge is -2.09. The molecule has 0 amide bonds. The zero-order chi connectivity index (χ0) is 15.9. The van der Waals surface area contributed by atoms with E-state index in [0.717, 1.165) is 36.2 Å². The van der Waals surface area contributed by atoms with Crippen molar-refractivity contribution >= 4 is 101 Å². The maximum atomic E-state index is 3.74. The van der Waals surface area contributed by atoms with Gasteiger partial charge in [0, 0.05) is 40.5 Å². The molecule has 0 aliphatic rings. The Balaban J connectivity index is 2.37. The number of unbranched alkanes of at least 4 members (excludes halogenated alkanes) is 1. The number of halogens is 5. The van der Waals surface area contributed by atoms with Gasteiger partial charge in [-0.25, -0.2) is 0 Å². The number of rotatable bonds is 4. The molecule has 0 bridgehead atoms. The molecule has 0 aliphatic carbocycles. The molecule has 2 aromatic carbocycles. The third kappa shape index (κ3) is 3.23. The molecular formula is C16H12Br5N. The minimum absolute atomic E-state index is 1.01. The zero-order valence-corrected chi connectivity index (χ0v) is 19.4. The van der Waals surface area contributed by atoms with Crippen LogP contribution in [0.4, 0.5) is 0 Å². The normalized spacial score (nSPS) is 11.7. The van der Waals surface area contributed by atoms with E-state index in [0.29, 0.717) is 0 Å². The maximum absolute atomic E-state index is 3.74. The minimum Gasteiger partial charge on any atom is -0.339 e. The van der Waals surface area contributed by atoms with Crippen molar-refractivity contribution in [3.05, 3.63) is 42.2 Å². The van der Waals surface area contributed by atoms with Crippen molar-refractivity contribution in [3.63, 3.8) is 0 Å². The van der Waals surface area contributed by atoms with Gasteiger partial charge in [-0.2, -0.15) is 0 Å². The Kier molecular flexibility index (Phi) is 5.76. The molecule has 0 aliphatic heterocycles. The van der Waals surface area contributed by atoms with Crippen LogP contribution in [0, 0.1) is 0 Å². The average Bonchev–Trinajstić information content (AvgIpc) is 2.74. The molecule has 0 saturated heterocycles. The van der Waals surface area contributed by atoms with Crippen molar-refractivity contribution in [1.29, 1.82) is 0 Å². The number of hydrogen-bond donors (Lipinski definition) is 0. The second-order valence-corrected chi connectivity index (χ2v) is 9.45. The topological polar surface area (TPSA) is 4.93 Å². The van der Waals surface area contributed by atoms with Crippen molar-refractivity contribution in [2.75, 3.05) is 5.33 Å². The van der Waals surface area contributed by atoms with Gasteiger partial charge >= 0.3 is 0 Å². The number of nitrogens with zero attached hydrogens (tertiary/aromatic N) is 1. The van der Waals surface area contributed by atoms with Crippen LogP contribution in [-0.4, -0.2) is 9.90 Å². The van der Waals surface area contributed by atoms with Gasteiger partial charge in [0.2, 0.25) is 0 Å². The zero-order valence-electron chi connectivity index (χ0n) is 11.5. The Morgan fingerprint density at radius 3 is 1.68 bits per heavy atom. The molecule has 0 spiro atoms. The highest BCUT2D eigenvalue weighted by Crippen LogP contribution is 2.40. The molecule has 3 rings (SSSR count). The third-order valence-corrected chi connectivity index (χ3v) is 6.34. The van der Waals surface area contributed by atoms with Gasteiger partial charge in [-0.3, -0.25) is 0 Å². The van der Waals surface area contributed by atoms with Gasteiger partial charge in [0.15, 0.2) is 0 Å². The highest BCUT2D eigenvalue weighted by molar-refractivity contribution is 9.11. The summed E-state index contributed by atoms with van der Waals surface area (Å²) in [6, 6.07) is 8.63. The number of benzene rings is 2. The van der Waals surface area contributed by atoms with Gasteiger partial charge in [0.25, 0.3) is 0 Å². The van der Waals surface area contributed by atoms with Gasteiger partial charge in [0.05, 0.1) is 11.0 Å². The summed E-state index contributed by atoms with van der Waals surface area (Å²) in [5, 5.41) is 3.57. The number of fused-ring (bicyclic) bond motifs is 3. The van der Waals surface area contributed by atoms with Crippen molar-refractivity contribution in [2.24, 2.45) is 0 Å². The van der Waals surface area contributed by atoms with Gasteiger partial charge in [-0.1, -0.05) is 47.8 Å². The smallest absolute Gasteiger partial charge is 0.0636 e. The predicted octanol–water partition coefficient (Wildman–Crippen LogP) is 8.02. The lowest BCUT2D eigenvalue weighted by molar-refractivity contribution is 0.669. The number of alkyl halides is 1. The molecule has 0 atom stereocenters. The molecule has 3 aromatic rings. The van der Waals surface area contributed by atoms with Crippen LogP contribution in [0.15, 0.2) is 42.2 Å². The molecular weight excluding hydrogens is 606 g/mol. The van der Waals surface area contributed by atoms with E-state index in [1.165, 1.54) is 28.2 Å². The van der Waals surface area contributed by atoms with E-state index < -0.39 is 0 Å². The summed E-state index contributed by atoms with van der Waals surface area (Å²) in [5.41, 5.74) is 2.51. The van der Waals surface area contributed by atoms with Crippen LogP contribution < -0.4 is 0 Å². The van der Waals surface area contributed by atoms with Crippen LogP contribution in [0.2, 0.25) is 0 Å². The summed E-state index contributed by atoms with van der Waals surface area (Å²) in [7, 11) is 0. The second kappa shape index (κ2) is 7.26. The van der Waals surface area contributed by atoms with Crippen LogP contribution in [0.25, 0.3) is 21.8 Å². The van der Waals surface area contributed by atoms with Gasteiger partial charge in [-0.15, -0.1) is 0 Å². The molecule has 0 unspecified atom stereocenters. The minimum atomic E-state index is 1.01. The molecule has 0 saturated carbocycles. The fourth-order valence-corrected chi connectivity index (χ4v) is 6.07. The average molecular weight is 618 g/mol. The monoisotopic (exact) mass is 613 g/mol. The van der Waals surface area contributed by atoms with E-state index >= 15 is 0 Å². The van der Waals surface area contributed by atoms with Gasteiger partial charge in [0.1, 0.15) is 0 Å². The van der Waals surface area contributed by atoms with E-state index in [1.54, 1.807) is 0 Å². The van der Waals surface area contributed by atoms with Crippen LogP contribution in [0.3, 0.4) is 0 Å². The Bertz CT molecular complexity index is 788. The molecule has 22 heavy (non-hydrogen) atoms. The molecule has 116 valence electrons. The molecule has 0 N–H and O–H groups in total. The summed E-state index contributed by atoms with van der Waals surface area (Å²) in [4.78, 5) is 0. The quantitative estimate of drug-likeness (QED) is 0.207. The van der Waals surface area contributed by atoms with E-state index in [2.05, 4.69) is 108 Å². The van der Waals surface area contributed by atoms with Crippen LogP contribution in [0.5, 0.6) is 0 Å². The fourth-order valence-electron chi connectivity index (χ4n) is 2.79. The highest BCUT2D eigenvalue weighted by Gasteiger charge is 2.16. The number of aryl methyl sites for hydroxylation is 1. The molecule has 6 heteroatoms. The van der Waals surface area contributed by atoms with Crippen LogP contribution >= 0.6 is 79.6 Å². The lowest BCUT2D eigenvalue weighted by Crippen LogP contribution is -1.99. The third-order valence-electron chi connectivity index (χ3n) is 3.65. The first-order chi connectivity index (χ1) is 10.5. The fraction of sp³-hybridized carbons (Fsp3) is 0.250. The predicted molar refractivity (Wildman–Crippen MR) is 113 cm³/mol. The summed E-state index contributed by atoms with van der Waals surface area (Å²) >= 11 is 18.2. The van der Waals surface area contributed by atoms with Crippen molar-refractivity contribution in [1.82, 2.24) is 4.57 Å². The van der Waals surface area contributed by atoms with Gasteiger partial charge in [-0.05, 0) is 69.0 Å². The molecule has 1 nitrogen and oxygen atoms in total. The number of hydrogen-bond acceptors (Lipinski definition) is 0. The summed E-state index contributed by atoms with van der Waals surface area (Å²) < 4.78 is 6.83. The van der Waals surface area contributed by atoms with Gasteiger partial charge < -0.3 is 4.57 Å². The SMILES string of the molecule is BrCCCCn1c2c(Br)cc(Br)cc2c2cc(Br)cc(Br)c21. The lowest BCUT2D eigenvalue weighted by atomic mass is 10.1. The second-order valence-electron chi connectivity index (χ2n) is 5.12. The first-order valence-corrected chi connectivity index (χ1v) is 11.1. The maximum Gasteiger partial charge on any atom is 0.0636 e. The van der Waals surface area contributed by atoms with Crippen LogP contribution in [0.1, 0.15) is 12.8 Å². The van der Waals surface area contributed by atoms with Crippen LogP contribution in [-0.2, 0) is 6.54 Å². The Labute approximate surface area is 171 Å². The highest BCUT2D eigenvalue weighted by atomic mass is 79.9. The standard InChI is InChI=1S/C16H12Br5N/c17-3-1-2-4-22-15-11(5-9(18)7-13(15)20)12-6-10(19)8-14(21)16(12)22/h5-8H,1-4H2. The number of aromatic nitrogens is 1. The van der Waals surface area contributed by atoms with E-state index in [4.69, 9.17) is 0 Å². The van der Waals surface area contributed by atoms with Crippen molar-refractivity contribution in [3.8, 4) is 0 Å². The molecule has 1 aromatic heterocycles. The molecule has 0 fully saturated rings. The van der Waals surface area contributed by atoms with E-state index in [-0.39, 0.29) is 0 Å². The van der Waals surface area contributed by atoms with Crippen molar-refractivity contribution in [2.45, 2.75) is 19.4 Å². The Morgan fingerprint density at radius 2 is 1.23 bits per heavy atom. The largest absolute Gasteiger partial charge is 0.339 e. The summed E-state index contributed by atoms with van der Waals surface area (Å²) in [6.07, 6.45) is 2.32. The Morgan fingerprint density at radius 1 is 0.727 bits per heavy atom. The molecule has 1 heterocycles.